The van der Waals surface area contributed by atoms with E-state index in [4.69, 9.17) is 9.47 Å². The van der Waals surface area contributed by atoms with Crippen LogP contribution in [0.3, 0.4) is 0 Å². The molecule has 3 nitrogen and oxygen atoms in total. The smallest absolute Gasteiger partial charge is 0.308 e. The second-order valence-electron chi connectivity index (χ2n) is 7.88. The molecule has 0 saturated carbocycles. The second-order valence-corrected chi connectivity index (χ2v) is 7.88. The number of rotatable bonds is 6. The number of ether oxygens (including phenoxy) is 2. The van der Waals surface area contributed by atoms with E-state index in [0.717, 1.165) is 16.9 Å². The number of carbonyl (C=O) groups excluding carboxylic acids is 1. The van der Waals surface area contributed by atoms with Crippen molar-refractivity contribution in [3.8, 4) is 22.6 Å². The predicted molar refractivity (Wildman–Crippen MR) is 151 cm³/mol. The highest BCUT2D eigenvalue weighted by atomic mass is 16.5. The summed E-state index contributed by atoms with van der Waals surface area (Å²) in [7, 11) is 1.67. The second kappa shape index (κ2) is 13.9. The minimum atomic E-state index is -0.451. The van der Waals surface area contributed by atoms with E-state index in [1.807, 2.05) is 70.2 Å². The third kappa shape index (κ3) is 6.42. The molecule has 188 valence electrons. The zero-order chi connectivity index (χ0) is 26.6. The number of esters is 1. The highest BCUT2D eigenvalue weighted by Gasteiger charge is 2.33. The highest BCUT2D eigenvalue weighted by molar-refractivity contribution is 5.72. The first-order valence-corrected chi connectivity index (χ1v) is 12.6. The zero-order valence-electron chi connectivity index (χ0n) is 22.5. The van der Waals surface area contributed by atoms with E-state index in [1.54, 1.807) is 7.11 Å². The van der Waals surface area contributed by atoms with Gasteiger partial charge in [0, 0.05) is 12.3 Å². The molecule has 36 heavy (non-hydrogen) atoms. The molecule has 4 rings (SSSR count). The molecule has 0 aliphatic heterocycles. The lowest BCUT2D eigenvalue weighted by atomic mass is 9.69. The SMILES string of the molecule is CC.CC.COc1ccc(C(C)(c2ccc(OC(C)=O)cc2)c2ccccc2-c2ccccc2)cc1. The van der Waals surface area contributed by atoms with Crippen molar-refractivity contribution in [2.24, 2.45) is 0 Å². The topological polar surface area (TPSA) is 35.5 Å². The Morgan fingerprint density at radius 3 is 1.61 bits per heavy atom. The van der Waals surface area contributed by atoms with Crippen molar-refractivity contribution in [1.82, 2.24) is 0 Å². The molecule has 1 unspecified atom stereocenters. The quantitative estimate of drug-likeness (QED) is 0.157. The van der Waals surface area contributed by atoms with Gasteiger partial charge in [0.25, 0.3) is 0 Å². The third-order valence-electron chi connectivity index (χ3n) is 5.91. The normalized spacial score (nSPS) is 11.5. The molecule has 4 aromatic carbocycles. The van der Waals surface area contributed by atoms with Gasteiger partial charge in [0.15, 0.2) is 0 Å². The lowest BCUT2D eigenvalue weighted by Gasteiger charge is -2.34. The van der Waals surface area contributed by atoms with E-state index in [9.17, 15) is 4.79 Å². The maximum absolute atomic E-state index is 11.4. The highest BCUT2D eigenvalue weighted by Crippen LogP contribution is 2.44. The first-order valence-electron chi connectivity index (χ1n) is 12.6. The molecule has 0 saturated heterocycles. The number of carbonyl (C=O) groups is 1. The molecule has 0 spiro atoms. The summed E-state index contributed by atoms with van der Waals surface area (Å²) in [4.78, 5) is 11.4. The summed E-state index contributed by atoms with van der Waals surface area (Å²) in [6.45, 7) is 11.6. The summed E-state index contributed by atoms with van der Waals surface area (Å²) in [5.41, 5.74) is 5.32. The van der Waals surface area contributed by atoms with Crippen LogP contribution < -0.4 is 9.47 Å². The van der Waals surface area contributed by atoms with Crippen LogP contribution in [0.25, 0.3) is 11.1 Å². The van der Waals surface area contributed by atoms with Gasteiger partial charge in [0.1, 0.15) is 11.5 Å². The minimum Gasteiger partial charge on any atom is -0.497 e. The predicted octanol–water partition coefficient (Wildman–Crippen LogP) is 8.69. The van der Waals surface area contributed by atoms with E-state index in [1.165, 1.54) is 23.6 Å². The number of hydrogen-bond donors (Lipinski definition) is 0. The third-order valence-corrected chi connectivity index (χ3v) is 5.91. The number of benzene rings is 4. The van der Waals surface area contributed by atoms with Gasteiger partial charge in [-0.15, -0.1) is 0 Å². The van der Waals surface area contributed by atoms with Gasteiger partial charge in [-0.1, -0.05) is 107 Å². The Bertz CT molecular complexity index is 1200. The molecule has 0 aromatic heterocycles. The van der Waals surface area contributed by atoms with Crippen molar-refractivity contribution < 1.29 is 14.3 Å². The summed E-state index contributed by atoms with van der Waals surface area (Å²) in [6, 6.07) is 34.9. The fourth-order valence-electron chi connectivity index (χ4n) is 4.21. The number of hydrogen-bond acceptors (Lipinski definition) is 3. The fourth-order valence-corrected chi connectivity index (χ4v) is 4.21. The summed E-state index contributed by atoms with van der Waals surface area (Å²) in [6.07, 6.45) is 0. The minimum absolute atomic E-state index is 0.329. The van der Waals surface area contributed by atoms with Gasteiger partial charge in [-0.05, 0) is 59.0 Å². The van der Waals surface area contributed by atoms with Crippen molar-refractivity contribution in [3.63, 3.8) is 0 Å². The molecule has 0 bridgehead atoms. The average molecular weight is 483 g/mol. The first kappa shape index (κ1) is 28.4. The molecule has 3 heteroatoms. The summed E-state index contributed by atoms with van der Waals surface area (Å²) in [5.74, 6) is 1.03. The van der Waals surface area contributed by atoms with Crippen molar-refractivity contribution in [2.75, 3.05) is 7.11 Å². The van der Waals surface area contributed by atoms with Gasteiger partial charge in [-0.25, -0.2) is 0 Å². The van der Waals surface area contributed by atoms with E-state index < -0.39 is 5.41 Å². The van der Waals surface area contributed by atoms with Gasteiger partial charge < -0.3 is 9.47 Å². The fraction of sp³-hybridized carbons (Fsp3) is 0.242. The zero-order valence-corrected chi connectivity index (χ0v) is 22.5. The molecule has 0 aliphatic carbocycles. The summed E-state index contributed by atoms with van der Waals surface area (Å²) >= 11 is 0. The van der Waals surface area contributed by atoms with Gasteiger partial charge in [0.2, 0.25) is 0 Å². The average Bonchev–Trinajstić information content (AvgIpc) is 2.95. The molecule has 0 heterocycles. The van der Waals surface area contributed by atoms with Crippen LogP contribution in [0.1, 0.15) is 58.2 Å². The van der Waals surface area contributed by atoms with E-state index in [-0.39, 0.29) is 5.97 Å². The van der Waals surface area contributed by atoms with Gasteiger partial charge >= 0.3 is 5.97 Å². The van der Waals surface area contributed by atoms with Gasteiger partial charge in [0.05, 0.1) is 7.11 Å². The van der Waals surface area contributed by atoms with Crippen LogP contribution in [-0.2, 0) is 10.2 Å². The first-order chi connectivity index (χ1) is 17.5. The largest absolute Gasteiger partial charge is 0.497 e. The summed E-state index contributed by atoms with van der Waals surface area (Å²) in [5, 5.41) is 0. The monoisotopic (exact) mass is 482 g/mol. The van der Waals surface area contributed by atoms with E-state index >= 15 is 0 Å². The Labute approximate surface area is 216 Å². The lowest BCUT2D eigenvalue weighted by Crippen LogP contribution is -2.26. The van der Waals surface area contributed by atoms with E-state index in [0.29, 0.717) is 5.75 Å². The molecule has 1 atom stereocenters. The Kier molecular flexibility index (Phi) is 11.0. The van der Waals surface area contributed by atoms with Crippen LogP contribution in [0.2, 0.25) is 0 Å². The Balaban J connectivity index is 0.00000109. The van der Waals surface area contributed by atoms with Crippen molar-refractivity contribution in [2.45, 2.75) is 47.0 Å². The lowest BCUT2D eigenvalue weighted by molar-refractivity contribution is -0.131. The molecule has 0 N–H and O–H groups in total. The van der Waals surface area contributed by atoms with Gasteiger partial charge in [-0.3, -0.25) is 4.79 Å². The molecule has 4 aromatic rings. The number of methoxy groups -OCH3 is 1. The molecular formula is C33H38O3. The van der Waals surface area contributed by atoms with Crippen molar-refractivity contribution >= 4 is 5.97 Å². The maximum atomic E-state index is 11.4. The van der Waals surface area contributed by atoms with Crippen LogP contribution in [0, 0.1) is 0 Å². The van der Waals surface area contributed by atoms with Crippen LogP contribution in [0.15, 0.2) is 103 Å². The van der Waals surface area contributed by atoms with Gasteiger partial charge in [-0.2, -0.15) is 0 Å². The van der Waals surface area contributed by atoms with Crippen LogP contribution >= 0.6 is 0 Å². The Morgan fingerprint density at radius 1 is 0.639 bits per heavy atom. The Hall–Kier alpha value is -3.85. The van der Waals surface area contributed by atoms with Crippen LogP contribution in [0.4, 0.5) is 0 Å². The van der Waals surface area contributed by atoms with Crippen molar-refractivity contribution in [1.29, 1.82) is 0 Å². The standard InChI is InChI=1S/C29H26O3.2C2H6/c1-21(30)32-26-19-15-24(16-20-26)29(2,23-13-17-25(31-3)18-14-23)28-12-8-7-11-27(28)22-9-5-4-6-10-22;2*1-2/h4-20H,1-3H3;2*1-2H3. The molecule has 0 fully saturated rings. The van der Waals surface area contributed by atoms with Crippen molar-refractivity contribution in [3.05, 3.63) is 120 Å². The molecule has 0 amide bonds. The Morgan fingerprint density at radius 2 is 1.11 bits per heavy atom. The molecule has 0 aliphatic rings. The molecular weight excluding hydrogens is 444 g/mol. The van der Waals surface area contributed by atoms with Crippen LogP contribution in [-0.4, -0.2) is 13.1 Å². The maximum Gasteiger partial charge on any atom is 0.308 e. The van der Waals surface area contributed by atoms with E-state index in [2.05, 4.69) is 67.6 Å². The molecule has 0 radical (unpaired) electrons. The summed E-state index contributed by atoms with van der Waals surface area (Å²) < 4.78 is 10.7. The van der Waals surface area contributed by atoms with Crippen LogP contribution in [0.5, 0.6) is 11.5 Å².